The van der Waals surface area contributed by atoms with Gasteiger partial charge in [0.1, 0.15) is 0 Å². The van der Waals surface area contributed by atoms with E-state index in [-0.39, 0.29) is 6.04 Å². The van der Waals surface area contributed by atoms with Crippen LogP contribution in [0.4, 0.5) is 14.5 Å². The summed E-state index contributed by atoms with van der Waals surface area (Å²) >= 11 is 0. The highest BCUT2D eigenvalue weighted by molar-refractivity contribution is 5.47. The molecule has 0 aliphatic heterocycles. The molecule has 0 spiro atoms. The van der Waals surface area contributed by atoms with Crippen LogP contribution in [0.3, 0.4) is 0 Å². The smallest absolute Gasteiger partial charge is 0.159 e. The fourth-order valence-electron chi connectivity index (χ4n) is 2.79. The van der Waals surface area contributed by atoms with Crippen LogP contribution < -0.4 is 10.2 Å². The number of anilines is 1. The van der Waals surface area contributed by atoms with Gasteiger partial charge in [-0.2, -0.15) is 0 Å². The van der Waals surface area contributed by atoms with E-state index in [4.69, 9.17) is 0 Å². The molecule has 2 N–H and O–H groups in total. The van der Waals surface area contributed by atoms with E-state index in [0.29, 0.717) is 12.1 Å². The van der Waals surface area contributed by atoms with Crippen LogP contribution in [0.2, 0.25) is 0 Å². The largest absolute Gasteiger partial charge is 0.387 e. The summed E-state index contributed by atoms with van der Waals surface area (Å²) in [6.07, 6.45) is -0.912. The summed E-state index contributed by atoms with van der Waals surface area (Å²) in [5, 5.41) is 13.5. The standard InChI is InChI=1S/C20H26F2N2O/c1-4-24(5-2)17-9-6-15(7-10-17)13-23-14(3)20(25)16-8-11-18(21)19(22)12-16/h6-12,14,20,23,25H,4-5,13H2,1-3H3. The molecule has 0 aliphatic rings. The van der Waals surface area contributed by atoms with Gasteiger partial charge < -0.3 is 15.3 Å². The lowest BCUT2D eigenvalue weighted by atomic mass is 10.0. The second kappa shape index (κ2) is 8.92. The number of nitrogens with zero attached hydrogens (tertiary/aromatic N) is 1. The second-order valence-electron chi connectivity index (χ2n) is 6.13. The van der Waals surface area contributed by atoms with E-state index >= 15 is 0 Å². The number of hydrogen-bond acceptors (Lipinski definition) is 3. The molecule has 2 aromatic carbocycles. The van der Waals surface area contributed by atoms with E-state index in [0.717, 1.165) is 30.8 Å². The third-order valence-corrected chi connectivity index (χ3v) is 4.45. The normalized spacial score (nSPS) is 13.5. The molecule has 0 bridgehead atoms. The number of aliphatic hydroxyl groups is 1. The molecular weight excluding hydrogens is 322 g/mol. The van der Waals surface area contributed by atoms with E-state index in [1.54, 1.807) is 0 Å². The minimum Gasteiger partial charge on any atom is -0.387 e. The first-order chi connectivity index (χ1) is 12.0. The van der Waals surface area contributed by atoms with Crippen LogP contribution in [-0.2, 0) is 6.54 Å². The Labute approximate surface area is 148 Å². The highest BCUT2D eigenvalue weighted by atomic mass is 19.2. The minimum atomic E-state index is -0.948. The van der Waals surface area contributed by atoms with Crippen LogP contribution in [-0.4, -0.2) is 24.2 Å². The average Bonchev–Trinajstić information content (AvgIpc) is 2.63. The van der Waals surface area contributed by atoms with Crippen molar-refractivity contribution in [1.29, 1.82) is 0 Å². The molecule has 2 atom stereocenters. The molecule has 0 aliphatic carbocycles. The Morgan fingerprint density at radius 1 is 1.00 bits per heavy atom. The Kier molecular flexibility index (Phi) is 6.91. The van der Waals surface area contributed by atoms with E-state index in [1.165, 1.54) is 11.8 Å². The highest BCUT2D eigenvalue weighted by Gasteiger charge is 2.17. The first kappa shape index (κ1) is 19.3. The van der Waals surface area contributed by atoms with Gasteiger partial charge in [0, 0.05) is 31.4 Å². The number of halogens is 2. The van der Waals surface area contributed by atoms with E-state index in [2.05, 4.69) is 48.3 Å². The van der Waals surface area contributed by atoms with Crippen molar-refractivity contribution in [2.75, 3.05) is 18.0 Å². The summed E-state index contributed by atoms with van der Waals surface area (Å²) in [5.41, 5.74) is 2.64. The summed E-state index contributed by atoms with van der Waals surface area (Å²) in [4.78, 5) is 2.27. The maximum absolute atomic E-state index is 13.3. The summed E-state index contributed by atoms with van der Waals surface area (Å²) < 4.78 is 26.3. The van der Waals surface area contributed by atoms with Crippen molar-refractivity contribution in [2.24, 2.45) is 0 Å². The van der Waals surface area contributed by atoms with Crippen LogP contribution in [0, 0.1) is 11.6 Å². The SMILES string of the molecule is CCN(CC)c1ccc(CNC(C)C(O)c2ccc(F)c(F)c2)cc1. The zero-order chi connectivity index (χ0) is 18.4. The third kappa shape index (κ3) is 5.00. The summed E-state index contributed by atoms with van der Waals surface area (Å²) in [5.74, 6) is -1.86. The van der Waals surface area contributed by atoms with E-state index < -0.39 is 17.7 Å². The maximum Gasteiger partial charge on any atom is 0.159 e. The van der Waals surface area contributed by atoms with Crippen molar-refractivity contribution in [3.8, 4) is 0 Å². The van der Waals surface area contributed by atoms with Crippen LogP contribution in [0.5, 0.6) is 0 Å². The molecule has 0 aromatic heterocycles. The van der Waals surface area contributed by atoms with E-state index in [9.17, 15) is 13.9 Å². The fraction of sp³-hybridized carbons (Fsp3) is 0.400. The summed E-state index contributed by atoms with van der Waals surface area (Å²) in [6.45, 7) is 8.58. The number of nitrogens with one attached hydrogen (secondary N) is 1. The van der Waals surface area contributed by atoms with Crippen molar-refractivity contribution in [1.82, 2.24) is 5.32 Å². The Hall–Kier alpha value is -1.98. The van der Waals surface area contributed by atoms with Crippen LogP contribution in [0.15, 0.2) is 42.5 Å². The highest BCUT2D eigenvalue weighted by Crippen LogP contribution is 2.20. The van der Waals surface area contributed by atoms with Gasteiger partial charge in [-0.1, -0.05) is 18.2 Å². The molecule has 0 heterocycles. The number of hydrogen-bond donors (Lipinski definition) is 2. The lowest BCUT2D eigenvalue weighted by Gasteiger charge is -2.22. The van der Waals surface area contributed by atoms with Gasteiger partial charge in [0.2, 0.25) is 0 Å². The lowest BCUT2D eigenvalue weighted by Crippen LogP contribution is -2.31. The van der Waals surface area contributed by atoms with Gasteiger partial charge in [-0.25, -0.2) is 8.78 Å². The third-order valence-electron chi connectivity index (χ3n) is 4.45. The summed E-state index contributed by atoms with van der Waals surface area (Å²) in [6, 6.07) is 11.5. The molecule has 5 heteroatoms. The predicted molar refractivity (Wildman–Crippen MR) is 97.6 cm³/mol. The molecule has 2 unspecified atom stereocenters. The van der Waals surface area contributed by atoms with Gasteiger partial charge in [-0.15, -0.1) is 0 Å². The molecule has 0 saturated heterocycles. The van der Waals surface area contributed by atoms with Gasteiger partial charge in [0.05, 0.1) is 6.10 Å². The van der Waals surface area contributed by atoms with Crippen LogP contribution in [0.25, 0.3) is 0 Å². The Bertz CT molecular complexity index is 672. The number of aliphatic hydroxyl groups excluding tert-OH is 1. The van der Waals surface area contributed by atoms with Gasteiger partial charge in [-0.3, -0.25) is 0 Å². The number of rotatable bonds is 8. The fourth-order valence-corrected chi connectivity index (χ4v) is 2.79. The molecule has 2 aromatic rings. The van der Waals surface area contributed by atoms with Gasteiger partial charge in [0.25, 0.3) is 0 Å². The summed E-state index contributed by atoms with van der Waals surface area (Å²) in [7, 11) is 0. The maximum atomic E-state index is 13.3. The molecule has 3 nitrogen and oxygen atoms in total. The zero-order valence-electron chi connectivity index (χ0n) is 15.0. The Morgan fingerprint density at radius 2 is 1.64 bits per heavy atom. The van der Waals surface area contributed by atoms with Crippen molar-refractivity contribution in [2.45, 2.75) is 39.5 Å². The molecule has 2 rings (SSSR count). The quantitative estimate of drug-likeness (QED) is 0.756. The van der Waals surface area contributed by atoms with Crippen molar-refractivity contribution in [3.05, 3.63) is 65.2 Å². The van der Waals surface area contributed by atoms with Crippen molar-refractivity contribution < 1.29 is 13.9 Å². The first-order valence-corrected chi connectivity index (χ1v) is 8.66. The molecule has 0 fully saturated rings. The Morgan fingerprint density at radius 3 is 2.20 bits per heavy atom. The monoisotopic (exact) mass is 348 g/mol. The number of benzene rings is 2. The van der Waals surface area contributed by atoms with Gasteiger partial charge in [0.15, 0.2) is 11.6 Å². The lowest BCUT2D eigenvalue weighted by molar-refractivity contribution is 0.135. The van der Waals surface area contributed by atoms with E-state index in [1.807, 2.05) is 6.92 Å². The average molecular weight is 348 g/mol. The molecule has 0 saturated carbocycles. The second-order valence-corrected chi connectivity index (χ2v) is 6.13. The molecule has 25 heavy (non-hydrogen) atoms. The molecule has 136 valence electrons. The van der Waals surface area contributed by atoms with Crippen molar-refractivity contribution in [3.63, 3.8) is 0 Å². The minimum absolute atomic E-state index is 0.299. The topological polar surface area (TPSA) is 35.5 Å². The molecular formula is C20H26F2N2O. The zero-order valence-corrected chi connectivity index (χ0v) is 15.0. The molecule has 0 amide bonds. The Balaban J connectivity index is 1.94. The van der Waals surface area contributed by atoms with Gasteiger partial charge in [-0.05, 0) is 56.2 Å². The predicted octanol–water partition coefficient (Wildman–Crippen LogP) is 4.02. The van der Waals surface area contributed by atoms with Crippen LogP contribution in [0.1, 0.15) is 38.0 Å². The molecule has 0 radical (unpaired) electrons. The van der Waals surface area contributed by atoms with Crippen LogP contribution >= 0.6 is 0 Å². The van der Waals surface area contributed by atoms with Crippen molar-refractivity contribution >= 4 is 5.69 Å². The first-order valence-electron chi connectivity index (χ1n) is 8.66. The van der Waals surface area contributed by atoms with Gasteiger partial charge >= 0.3 is 0 Å².